The summed E-state index contributed by atoms with van der Waals surface area (Å²) in [6, 6.07) is 7.43. The van der Waals surface area contributed by atoms with Gasteiger partial charge in [-0.25, -0.2) is 0 Å². The van der Waals surface area contributed by atoms with Crippen molar-refractivity contribution in [3.63, 3.8) is 0 Å². The quantitative estimate of drug-likeness (QED) is 0.823. The number of rotatable bonds is 6. The van der Waals surface area contributed by atoms with Crippen LogP contribution in [0.4, 0.5) is 13.2 Å². The van der Waals surface area contributed by atoms with Crippen LogP contribution in [0, 0.1) is 0 Å². The van der Waals surface area contributed by atoms with Gasteiger partial charge in [0.25, 0.3) is 0 Å². The molecule has 1 nitrogen and oxygen atoms in total. The van der Waals surface area contributed by atoms with Crippen molar-refractivity contribution >= 4 is 11.6 Å². The summed E-state index contributed by atoms with van der Waals surface area (Å²) in [4.78, 5) is 0. The van der Waals surface area contributed by atoms with E-state index in [4.69, 9.17) is 11.6 Å². The first kappa shape index (κ1) is 15.3. The zero-order valence-electron chi connectivity index (χ0n) is 10.2. The highest BCUT2D eigenvalue weighted by molar-refractivity contribution is 6.31. The molecule has 0 amide bonds. The normalized spacial score (nSPS) is 13.6. The smallest absolute Gasteiger partial charge is 0.317 e. The molecule has 0 aliphatic heterocycles. The molecule has 0 spiro atoms. The summed E-state index contributed by atoms with van der Waals surface area (Å²) in [7, 11) is 1.76. The molecule has 0 radical (unpaired) electrons. The van der Waals surface area contributed by atoms with Crippen LogP contribution in [0.3, 0.4) is 0 Å². The Morgan fingerprint density at radius 2 is 1.94 bits per heavy atom. The second kappa shape index (κ2) is 7.00. The van der Waals surface area contributed by atoms with E-state index in [1.165, 1.54) is 0 Å². The Morgan fingerprint density at radius 1 is 1.28 bits per heavy atom. The first-order valence-electron chi connectivity index (χ1n) is 5.90. The molecule has 0 fully saturated rings. The Hall–Kier alpha value is -0.740. The average Bonchev–Trinajstić information content (AvgIpc) is 2.29. The molecular weight excluding hydrogens is 263 g/mol. The van der Waals surface area contributed by atoms with Crippen molar-refractivity contribution in [2.24, 2.45) is 0 Å². The molecule has 0 aromatic heterocycles. The standard InChI is InChI=1S/C13H17ClF3N/c1-18-11(6-4-8-13(15,16)17)9-10-5-2-3-7-12(10)14/h2-3,5,7,11,18H,4,6,8-9H2,1H3. The van der Waals surface area contributed by atoms with Crippen molar-refractivity contribution in [2.45, 2.75) is 37.9 Å². The van der Waals surface area contributed by atoms with Gasteiger partial charge in [-0.05, 0) is 37.9 Å². The van der Waals surface area contributed by atoms with E-state index in [1.807, 2.05) is 18.2 Å². The molecule has 0 bridgehead atoms. The second-order valence-electron chi connectivity index (χ2n) is 4.29. The van der Waals surface area contributed by atoms with Gasteiger partial charge in [0.2, 0.25) is 0 Å². The monoisotopic (exact) mass is 279 g/mol. The summed E-state index contributed by atoms with van der Waals surface area (Å²) in [6.07, 6.45) is -3.52. The molecule has 0 saturated heterocycles. The van der Waals surface area contributed by atoms with Crippen molar-refractivity contribution in [2.75, 3.05) is 7.05 Å². The lowest BCUT2D eigenvalue weighted by atomic mass is 10.0. The first-order valence-corrected chi connectivity index (χ1v) is 6.27. The Kier molecular flexibility index (Phi) is 5.96. The third kappa shape index (κ3) is 5.74. The maximum absolute atomic E-state index is 12.1. The highest BCUT2D eigenvalue weighted by Gasteiger charge is 2.26. The maximum Gasteiger partial charge on any atom is 0.389 e. The lowest BCUT2D eigenvalue weighted by Crippen LogP contribution is -2.28. The van der Waals surface area contributed by atoms with Crippen LogP contribution in [-0.2, 0) is 6.42 Å². The molecule has 0 aliphatic carbocycles. The Labute approximate surface area is 110 Å². The van der Waals surface area contributed by atoms with Gasteiger partial charge in [-0.2, -0.15) is 13.2 Å². The molecule has 1 atom stereocenters. The zero-order chi connectivity index (χ0) is 13.6. The molecule has 1 rings (SSSR count). The zero-order valence-corrected chi connectivity index (χ0v) is 11.0. The van der Waals surface area contributed by atoms with Gasteiger partial charge in [0.05, 0.1) is 0 Å². The van der Waals surface area contributed by atoms with Gasteiger partial charge in [-0.15, -0.1) is 0 Å². The summed E-state index contributed by atoms with van der Waals surface area (Å²) < 4.78 is 36.2. The van der Waals surface area contributed by atoms with E-state index in [1.54, 1.807) is 13.1 Å². The van der Waals surface area contributed by atoms with Crippen LogP contribution in [0.2, 0.25) is 5.02 Å². The number of hydrogen-bond acceptors (Lipinski definition) is 1. The molecule has 1 aromatic carbocycles. The molecule has 1 aromatic rings. The minimum atomic E-state index is -4.07. The number of benzene rings is 1. The van der Waals surface area contributed by atoms with Crippen molar-refractivity contribution < 1.29 is 13.2 Å². The Balaban J connectivity index is 2.45. The number of halogens is 4. The average molecular weight is 280 g/mol. The van der Waals surface area contributed by atoms with Gasteiger partial charge in [-0.3, -0.25) is 0 Å². The fourth-order valence-corrected chi connectivity index (χ4v) is 2.04. The number of nitrogens with one attached hydrogen (secondary N) is 1. The lowest BCUT2D eigenvalue weighted by molar-refractivity contribution is -0.135. The summed E-state index contributed by atoms with van der Waals surface area (Å²) in [5.74, 6) is 0. The highest BCUT2D eigenvalue weighted by Crippen LogP contribution is 2.24. The van der Waals surface area contributed by atoms with Crippen LogP contribution in [0.25, 0.3) is 0 Å². The minimum Gasteiger partial charge on any atom is -0.317 e. The molecule has 18 heavy (non-hydrogen) atoms. The van der Waals surface area contributed by atoms with Crippen LogP contribution in [-0.4, -0.2) is 19.3 Å². The van der Waals surface area contributed by atoms with Gasteiger partial charge in [0.1, 0.15) is 0 Å². The van der Waals surface area contributed by atoms with Crippen molar-refractivity contribution in [3.05, 3.63) is 34.9 Å². The number of likely N-dealkylation sites (N-methyl/N-ethyl adjacent to an activating group) is 1. The van der Waals surface area contributed by atoms with Crippen LogP contribution in [0.5, 0.6) is 0 Å². The fourth-order valence-electron chi connectivity index (χ4n) is 1.83. The first-order chi connectivity index (χ1) is 8.42. The fraction of sp³-hybridized carbons (Fsp3) is 0.538. The number of hydrogen-bond donors (Lipinski definition) is 1. The molecule has 102 valence electrons. The molecule has 0 heterocycles. The van der Waals surface area contributed by atoms with Crippen LogP contribution >= 0.6 is 11.6 Å². The van der Waals surface area contributed by atoms with E-state index in [0.717, 1.165) is 5.56 Å². The largest absolute Gasteiger partial charge is 0.389 e. The van der Waals surface area contributed by atoms with E-state index in [9.17, 15) is 13.2 Å². The van der Waals surface area contributed by atoms with Crippen LogP contribution in [0.1, 0.15) is 24.8 Å². The van der Waals surface area contributed by atoms with E-state index >= 15 is 0 Å². The molecule has 0 saturated carbocycles. The highest BCUT2D eigenvalue weighted by atomic mass is 35.5. The van der Waals surface area contributed by atoms with Crippen LogP contribution < -0.4 is 5.32 Å². The Bertz CT molecular complexity index is 365. The van der Waals surface area contributed by atoms with E-state index in [-0.39, 0.29) is 12.5 Å². The van der Waals surface area contributed by atoms with Crippen molar-refractivity contribution in [3.8, 4) is 0 Å². The predicted octanol–water partition coefficient (Wildman–Crippen LogP) is 4.20. The van der Waals surface area contributed by atoms with Gasteiger partial charge in [0, 0.05) is 17.5 Å². The molecule has 1 N–H and O–H groups in total. The maximum atomic E-state index is 12.1. The minimum absolute atomic E-state index is 0.0206. The second-order valence-corrected chi connectivity index (χ2v) is 4.70. The summed E-state index contributed by atoms with van der Waals surface area (Å²) in [5.41, 5.74) is 0.963. The van der Waals surface area contributed by atoms with E-state index in [0.29, 0.717) is 17.9 Å². The molecule has 0 aliphatic rings. The van der Waals surface area contributed by atoms with Gasteiger partial charge >= 0.3 is 6.18 Å². The Morgan fingerprint density at radius 3 is 2.50 bits per heavy atom. The van der Waals surface area contributed by atoms with E-state index in [2.05, 4.69) is 5.32 Å². The third-order valence-electron chi connectivity index (χ3n) is 2.85. The SMILES string of the molecule is CNC(CCCC(F)(F)F)Cc1ccccc1Cl. The van der Waals surface area contributed by atoms with E-state index < -0.39 is 12.6 Å². The van der Waals surface area contributed by atoms with Crippen molar-refractivity contribution in [1.82, 2.24) is 5.32 Å². The molecule has 5 heteroatoms. The summed E-state index contributed by atoms with van der Waals surface area (Å²) >= 11 is 6.02. The topological polar surface area (TPSA) is 12.0 Å². The van der Waals surface area contributed by atoms with Crippen molar-refractivity contribution in [1.29, 1.82) is 0 Å². The summed E-state index contributed by atoms with van der Waals surface area (Å²) in [6.45, 7) is 0. The van der Waals surface area contributed by atoms with Gasteiger partial charge < -0.3 is 5.32 Å². The van der Waals surface area contributed by atoms with Crippen LogP contribution in [0.15, 0.2) is 24.3 Å². The molecular formula is C13H17ClF3N. The predicted molar refractivity (Wildman–Crippen MR) is 67.9 cm³/mol. The third-order valence-corrected chi connectivity index (χ3v) is 3.21. The number of alkyl halides is 3. The summed E-state index contributed by atoms with van der Waals surface area (Å²) in [5, 5.41) is 3.70. The molecule has 1 unspecified atom stereocenters. The van der Waals surface area contributed by atoms with Gasteiger partial charge in [-0.1, -0.05) is 29.8 Å². The lowest BCUT2D eigenvalue weighted by Gasteiger charge is -2.17. The van der Waals surface area contributed by atoms with Gasteiger partial charge in [0.15, 0.2) is 0 Å².